The zero-order valence-corrected chi connectivity index (χ0v) is 17.4. The van der Waals surface area contributed by atoms with Crippen LogP contribution in [-0.2, 0) is 18.6 Å². The van der Waals surface area contributed by atoms with E-state index in [1.54, 1.807) is 6.20 Å². The number of benzene rings is 2. The fourth-order valence-electron chi connectivity index (χ4n) is 4.79. The summed E-state index contributed by atoms with van der Waals surface area (Å²) >= 11 is 0. The summed E-state index contributed by atoms with van der Waals surface area (Å²) in [5.41, 5.74) is 3.98. The van der Waals surface area contributed by atoms with Crippen LogP contribution in [0.4, 0.5) is 5.69 Å². The first-order valence-corrected chi connectivity index (χ1v) is 10.5. The Labute approximate surface area is 180 Å². The number of nitrogens with zero attached hydrogens (tertiary/aromatic N) is 1. The van der Waals surface area contributed by atoms with Gasteiger partial charge in [-0.1, -0.05) is 30.3 Å². The van der Waals surface area contributed by atoms with Crippen molar-refractivity contribution >= 4 is 11.7 Å². The molecule has 0 radical (unpaired) electrons. The lowest BCUT2D eigenvalue weighted by Gasteiger charge is -2.48. The standard InChI is InChI=1S/C25H24N2O4/c1-26-20-11-18-17(10-23(20)31-15-16-6-3-2-4-7-16)13-25(8-5-9-25)27-14-19(24(29)30)22(28)12-21(18)27/h2-4,6-7,10-12,14,26H,5,8-9,13,15H2,1H3,(H,29,30). The molecule has 2 N–H and O–H groups in total. The molecule has 3 aromatic rings. The SMILES string of the molecule is CNc1cc2c(cc1OCc1ccccc1)CC1(CCC1)n1cc(C(=O)O)c(=O)cc1-2. The highest BCUT2D eigenvalue weighted by Gasteiger charge is 2.43. The number of ether oxygens (including phenoxy) is 1. The quantitative estimate of drug-likeness (QED) is 0.649. The fourth-order valence-corrected chi connectivity index (χ4v) is 4.79. The molecule has 0 amide bonds. The average molecular weight is 416 g/mol. The van der Waals surface area contributed by atoms with Crippen molar-refractivity contribution in [3.63, 3.8) is 0 Å². The Balaban J connectivity index is 1.60. The minimum Gasteiger partial charge on any atom is -0.487 e. The lowest BCUT2D eigenvalue weighted by Crippen LogP contribution is -2.46. The van der Waals surface area contributed by atoms with Crippen molar-refractivity contribution in [2.75, 3.05) is 12.4 Å². The van der Waals surface area contributed by atoms with Gasteiger partial charge in [0.25, 0.3) is 0 Å². The predicted molar refractivity (Wildman–Crippen MR) is 119 cm³/mol. The molecule has 0 bridgehead atoms. The van der Waals surface area contributed by atoms with E-state index in [-0.39, 0.29) is 11.1 Å². The van der Waals surface area contributed by atoms with Gasteiger partial charge in [0, 0.05) is 30.4 Å². The van der Waals surface area contributed by atoms with E-state index in [0.29, 0.717) is 6.61 Å². The van der Waals surface area contributed by atoms with E-state index < -0.39 is 11.4 Å². The number of fused-ring (bicyclic) bond motifs is 4. The van der Waals surface area contributed by atoms with Crippen LogP contribution in [0.3, 0.4) is 0 Å². The minimum atomic E-state index is -1.18. The van der Waals surface area contributed by atoms with Crippen LogP contribution in [0.25, 0.3) is 11.3 Å². The third-order valence-corrected chi connectivity index (χ3v) is 6.58. The summed E-state index contributed by atoms with van der Waals surface area (Å²) in [4.78, 5) is 24.1. The van der Waals surface area contributed by atoms with E-state index in [0.717, 1.165) is 59.5 Å². The average Bonchev–Trinajstić information content (AvgIpc) is 2.75. The zero-order chi connectivity index (χ0) is 21.6. The molecule has 1 fully saturated rings. The van der Waals surface area contributed by atoms with Crippen LogP contribution < -0.4 is 15.5 Å². The molecule has 0 atom stereocenters. The van der Waals surface area contributed by atoms with Crippen molar-refractivity contribution in [2.45, 2.75) is 37.8 Å². The number of carboxylic acids is 1. The fraction of sp³-hybridized carbons (Fsp3) is 0.280. The smallest absolute Gasteiger partial charge is 0.341 e. The van der Waals surface area contributed by atoms with Gasteiger partial charge in [0.05, 0.1) is 11.4 Å². The van der Waals surface area contributed by atoms with Crippen LogP contribution in [0, 0.1) is 0 Å². The lowest BCUT2D eigenvalue weighted by atomic mass is 9.69. The predicted octanol–water partition coefficient (Wildman–Crippen LogP) is 4.27. The number of pyridine rings is 1. The van der Waals surface area contributed by atoms with Gasteiger partial charge >= 0.3 is 5.97 Å². The van der Waals surface area contributed by atoms with Crippen molar-refractivity contribution in [3.05, 3.63) is 81.6 Å². The molecule has 2 heterocycles. The van der Waals surface area contributed by atoms with Gasteiger partial charge in [-0.25, -0.2) is 4.79 Å². The Morgan fingerprint density at radius 3 is 2.61 bits per heavy atom. The first-order valence-electron chi connectivity index (χ1n) is 10.5. The molecule has 2 aromatic carbocycles. The van der Waals surface area contributed by atoms with E-state index in [2.05, 4.69) is 11.4 Å². The number of hydrogen-bond acceptors (Lipinski definition) is 4. The number of aromatic nitrogens is 1. The topological polar surface area (TPSA) is 80.6 Å². The van der Waals surface area contributed by atoms with Crippen LogP contribution >= 0.6 is 0 Å². The van der Waals surface area contributed by atoms with E-state index in [1.165, 1.54) is 6.07 Å². The second-order valence-electron chi connectivity index (χ2n) is 8.40. The van der Waals surface area contributed by atoms with Crippen LogP contribution in [0.5, 0.6) is 5.75 Å². The van der Waals surface area contributed by atoms with Gasteiger partial charge in [0.15, 0.2) is 5.43 Å². The maximum Gasteiger partial charge on any atom is 0.341 e. The summed E-state index contributed by atoms with van der Waals surface area (Å²) in [5, 5.41) is 12.7. The van der Waals surface area contributed by atoms with Gasteiger partial charge in [-0.15, -0.1) is 0 Å². The number of nitrogens with one attached hydrogen (secondary N) is 1. The van der Waals surface area contributed by atoms with Gasteiger partial charge < -0.3 is 19.7 Å². The monoisotopic (exact) mass is 416 g/mol. The van der Waals surface area contributed by atoms with Crippen molar-refractivity contribution in [1.82, 2.24) is 4.57 Å². The summed E-state index contributed by atoms with van der Waals surface area (Å²) in [6.07, 6.45) is 5.36. The highest BCUT2D eigenvalue weighted by Crippen LogP contribution is 2.50. The highest BCUT2D eigenvalue weighted by atomic mass is 16.5. The molecule has 1 spiro atoms. The van der Waals surface area contributed by atoms with Crippen molar-refractivity contribution in [2.24, 2.45) is 0 Å². The van der Waals surface area contributed by atoms with Crippen LogP contribution in [0.2, 0.25) is 0 Å². The molecular formula is C25H24N2O4. The second kappa shape index (κ2) is 7.30. The summed E-state index contributed by atoms with van der Waals surface area (Å²) in [5.74, 6) is -0.404. The molecule has 1 aliphatic heterocycles. The van der Waals surface area contributed by atoms with E-state index in [4.69, 9.17) is 4.74 Å². The minimum absolute atomic E-state index is 0.169. The molecule has 1 aliphatic carbocycles. The zero-order valence-electron chi connectivity index (χ0n) is 17.4. The number of aromatic carboxylic acids is 1. The van der Waals surface area contributed by atoms with Gasteiger partial charge in [0.1, 0.15) is 17.9 Å². The van der Waals surface area contributed by atoms with Crippen LogP contribution in [0.15, 0.2) is 59.5 Å². The molecule has 6 heteroatoms. The maximum atomic E-state index is 12.5. The summed E-state index contributed by atoms with van der Waals surface area (Å²) < 4.78 is 8.19. The maximum absolute atomic E-state index is 12.5. The van der Waals surface area contributed by atoms with Gasteiger partial charge in [0.2, 0.25) is 0 Å². The molecule has 2 aliphatic rings. The number of carboxylic acid groups (broad SMARTS) is 1. The number of carbonyl (C=O) groups is 1. The summed E-state index contributed by atoms with van der Waals surface area (Å²) in [6.45, 7) is 0.470. The van der Waals surface area contributed by atoms with Crippen LogP contribution in [0.1, 0.15) is 40.7 Å². The number of hydrogen-bond donors (Lipinski definition) is 2. The van der Waals surface area contributed by atoms with Gasteiger partial charge in [-0.05, 0) is 48.9 Å². The number of anilines is 1. The van der Waals surface area contributed by atoms with Crippen molar-refractivity contribution < 1.29 is 14.6 Å². The van der Waals surface area contributed by atoms with Crippen LogP contribution in [-0.4, -0.2) is 22.7 Å². The molecular weight excluding hydrogens is 392 g/mol. The van der Waals surface area contributed by atoms with Gasteiger partial charge in [-0.2, -0.15) is 0 Å². The first kappa shape index (κ1) is 19.4. The third-order valence-electron chi connectivity index (χ3n) is 6.58. The van der Waals surface area contributed by atoms with E-state index in [1.807, 2.05) is 48.0 Å². The largest absolute Gasteiger partial charge is 0.487 e. The Kier molecular flexibility index (Phi) is 4.58. The summed E-state index contributed by atoms with van der Waals surface area (Å²) in [7, 11) is 1.84. The van der Waals surface area contributed by atoms with E-state index >= 15 is 0 Å². The molecule has 1 aromatic heterocycles. The highest BCUT2D eigenvalue weighted by molar-refractivity contribution is 5.88. The number of rotatable bonds is 5. The second-order valence-corrected chi connectivity index (χ2v) is 8.40. The Morgan fingerprint density at radius 1 is 1.19 bits per heavy atom. The molecule has 158 valence electrons. The normalized spacial score (nSPS) is 15.5. The Morgan fingerprint density at radius 2 is 1.97 bits per heavy atom. The Bertz CT molecular complexity index is 1230. The molecule has 6 nitrogen and oxygen atoms in total. The molecule has 31 heavy (non-hydrogen) atoms. The molecule has 5 rings (SSSR count). The van der Waals surface area contributed by atoms with E-state index in [9.17, 15) is 14.7 Å². The molecule has 1 saturated carbocycles. The Hall–Kier alpha value is -3.54. The molecule has 0 unspecified atom stereocenters. The summed E-state index contributed by atoms with van der Waals surface area (Å²) in [6, 6.07) is 15.6. The van der Waals surface area contributed by atoms with Crippen molar-refractivity contribution in [3.8, 4) is 17.0 Å². The third kappa shape index (κ3) is 3.19. The first-order chi connectivity index (χ1) is 15.0. The van der Waals surface area contributed by atoms with Crippen molar-refractivity contribution in [1.29, 1.82) is 0 Å². The lowest BCUT2D eigenvalue weighted by molar-refractivity contribution is 0.0691. The molecule has 0 saturated heterocycles. The van der Waals surface area contributed by atoms with Gasteiger partial charge in [-0.3, -0.25) is 4.79 Å².